The van der Waals surface area contributed by atoms with Gasteiger partial charge >= 0.3 is 0 Å². The summed E-state index contributed by atoms with van der Waals surface area (Å²) >= 11 is 1.66. The lowest BCUT2D eigenvalue weighted by Gasteiger charge is -2.11. The Morgan fingerprint density at radius 2 is 2.11 bits per heavy atom. The molecule has 0 saturated carbocycles. The highest BCUT2D eigenvalue weighted by Gasteiger charge is 2.03. The second-order valence-electron chi connectivity index (χ2n) is 4.14. The molecule has 4 nitrogen and oxygen atoms in total. The summed E-state index contributed by atoms with van der Waals surface area (Å²) in [5, 5.41) is 10.8. The fourth-order valence-electron chi connectivity index (χ4n) is 1.91. The molecule has 0 fully saturated rings. The van der Waals surface area contributed by atoms with E-state index in [1.165, 1.54) is 5.56 Å². The smallest absolute Gasteiger partial charge is 0.112 e. The molecule has 1 aromatic carbocycles. The number of hydrogen-bond acceptors (Lipinski definition) is 4. The van der Waals surface area contributed by atoms with Crippen LogP contribution in [-0.2, 0) is 13.1 Å². The molecule has 0 unspecified atom stereocenters. The van der Waals surface area contributed by atoms with Crippen molar-refractivity contribution < 1.29 is 0 Å². The molecule has 1 N–H and O–H groups in total. The summed E-state index contributed by atoms with van der Waals surface area (Å²) in [6, 6.07) is 10.2. The highest BCUT2D eigenvalue weighted by atomic mass is 32.1. The minimum absolute atomic E-state index is 0.758. The molecule has 5 heteroatoms. The van der Waals surface area contributed by atoms with E-state index in [2.05, 4.69) is 27.5 Å². The van der Waals surface area contributed by atoms with Gasteiger partial charge in [0.05, 0.1) is 13.1 Å². The number of para-hydroxylation sites is 1. The standard InChI is InChI=1S/C14H14N4S/c1-2-5-13(16-10-14-15-7-9-19-14)12(4-1)11-18-8-3-6-17-18/h1-9,16H,10-11H2. The fraction of sp³-hybridized carbons (Fsp3) is 0.143. The Bertz CT molecular complexity index is 617. The van der Waals surface area contributed by atoms with Gasteiger partial charge in [-0.15, -0.1) is 11.3 Å². The monoisotopic (exact) mass is 270 g/mol. The molecule has 2 aromatic heterocycles. The third kappa shape index (κ3) is 3.00. The van der Waals surface area contributed by atoms with Gasteiger partial charge in [0.25, 0.3) is 0 Å². The van der Waals surface area contributed by atoms with Crippen molar-refractivity contribution in [3.8, 4) is 0 Å². The maximum absolute atomic E-state index is 4.28. The first-order valence-corrected chi connectivity index (χ1v) is 6.97. The van der Waals surface area contributed by atoms with E-state index in [0.29, 0.717) is 0 Å². The van der Waals surface area contributed by atoms with E-state index in [4.69, 9.17) is 0 Å². The maximum atomic E-state index is 4.28. The van der Waals surface area contributed by atoms with E-state index >= 15 is 0 Å². The largest absolute Gasteiger partial charge is 0.378 e. The Balaban J connectivity index is 1.73. The first kappa shape index (κ1) is 11.9. The second kappa shape index (κ2) is 5.67. The number of thiazole rings is 1. The third-order valence-corrected chi connectivity index (χ3v) is 3.60. The predicted octanol–water partition coefficient (Wildman–Crippen LogP) is 3.00. The van der Waals surface area contributed by atoms with Crippen molar-refractivity contribution in [1.29, 1.82) is 0 Å². The molecule has 0 radical (unpaired) electrons. The van der Waals surface area contributed by atoms with E-state index < -0.39 is 0 Å². The van der Waals surface area contributed by atoms with Crippen LogP contribution in [0.1, 0.15) is 10.6 Å². The van der Waals surface area contributed by atoms with Crippen LogP contribution in [0, 0.1) is 0 Å². The zero-order valence-corrected chi connectivity index (χ0v) is 11.2. The Labute approximate surface area is 115 Å². The molecule has 0 bridgehead atoms. The molecule has 3 aromatic rings. The SMILES string of the molecule is c1ccc(NCc2nccs2)c(Cn2cccn2)c1. The average Bonchev–Trinajstić information content (AvgIpc) is 3.10. The third-order valence-electron chi connectivity index (χ3n) is 2.82. The highest BCUT2D eigenvalue weighted by Crippen LogP contribution is 2.17. The fourth-order valence-corrected chi connectivity index (χ4v) is 2.47. The average molecular weight is 270 g/mol. The molecule has 96 valence electrons. The summed E-state index contributed by atoms with van der Waals surface area (Å²) in [6.45, 7) is 1.53. The van der Waals surface area contributed by atoms with Crippen molar-refractivity contribution in [2.45, 2.75) is 13.1 Å². The molecule has 0 saturated heterocycles. The van der Waals surface area contributed by atoms with Crippen molar-refractivity contribution in [2.75, 3.05) is 5.32 Å². The summed E-state index contributed by atoms with van der Waals surface area (Å²) in [5.74, 6) is 0. The zero-order valence-electron chi connectivity index (χ0n) is 10.4. The molecule has 2 heterocycles. The van der Waals surface area contributed by atoms with Gasteiger partial charge in [0.1, 0.15) is 5.01 Å². The van der Waals surface area contributed by atoms with Gasteiger partial charge in [-0.25, -0.2) is 4.98 Å². The Morgan fingerprint density at radius 3 is 2.89 bits per heavy atom. The van der Waals surface area contributed by atoms with Crippen molar-refractivity contribution >= 4 is 17.0 Å². The van der Waals surface area contributed by atoms with Crippen LogP contribution >= 0.6 is 11.3 Å². The van der Waals surface area contributed by atoms with E-state index in [1.54, 1.807) is 17.5 Å². The number of rotatable bonds is 5. The van der Waals surface area contributed by atoms with Gasteiger partial charge in [-0.05, 0) is 17.7 Å². The quantitative estimate of drug-likeness (QED) is 0.775. The first-order chi connectivity index (χ1) is 9.42. The number of anilines is 1. The minimum atomic E-state index is 0.758. The van der Waals surface area contributed by atoms with Gasteiger partial charge in [0.2, 0.25) is 0 Å². The van der Waals surface area contributed by atoms with Crippen LogP contribution in [0.25, 0.3) is 0 Å². The lowest BCUT2D eigenvalue weighted by Crippen LogP contribution is -2.06. The van der Waals surface area contributed by atoms with Crippen LogP contribution in [-0.4, -0.2) is 14.8 Å². The molecule has 0 spiro atoms. The van der Waals surface area contributed by atoms with E-state index in [0.717, 1.165) is 23.8 Å². The molecule has 19 heavy (non-hydrogen) atoms. The van der Waals surface area contributed by atoms with Gasteiger partial charge in [-0.1, -0.05) is 18.2 Å². The molecule has 0 amide bonds. The van der Waals surface area contributed by atoms with Crippen molar-refractivity contribution in [1.82, 2.24) is 14.8 Å². The number of aromatic nitrogens is 3. The van der Waals surface area contributed by atoms with Crippen molar-refractivity contribution in [3.63, 3.8) is 0 Å². The van der Waals surface area contributed by atoms with Crippen LogP contribution in [0.3, 0.4) is 0 Å². The lowest BCUT2D eigenvalue weighted by atomic mass is 10.2. The van der Waals surface area contributed by atoms with Crippen LogP contribution < -0.4 is 5.32 Å². The molecule has 0 aliphatic rings. The van der Waals surface area contributed by atoms with E-state index in [1.807, 2.05) is 40.7 Å². The summed E-state index contributed by atoms with van der Waals surface area (Å²) in [6.07, 6.45) is 5.60. The van der Waals surface area contributed by atoms with E-state index in [9.17, 15) is 0 Å². The summed E-state index contributed by atoms with van der Waals surface area (Å²) in [5.41, 5.74) is 2.36. The van der Waals surface area contributed by atoms with Crippen LogP contribution in [0.15, 0.2) is 54.3 Å². The van der Waals surface area contributed by atoms with Crippen molar-refractivity contribution in [3.05, 3.63) is 64.9 Å². The van der Waals surface area contributed by atoms with Crippen LogP contribution in [0.5, 0.6) is 0 Å². The predicted molar refractivity (Wildman–Crippen MR) is 77.2 cm³/mol. The highest BCUT2D eigenvalue weighted by molar-refractivity contribution is 7.09. The van der Waals surface area contributed by atoms with Gasteiger partial charge in [0, 0.05) is 29.7 Å². The summed E-state index contributed by atoms with van der Waals surface area (Å²) in [7, 11) is 0. The van der Waals surface area contributed by atoms with Crippen LogP contribution in [0.2, 0.25) is 0 Å². The minimum Gasteiger partial charge on any atom is -0.378 e. The van der Waals surface area contributed by atoms with E-state index in [-0.39, 0.29) is 0 Å². The summed E-state index contributed by atoms with van der Waals surface area (Å²) in [4.78, 5) is 4.28. The van der Waals surface area contributed by atoms with Gasteiger partial charge in [-0.3, -0.25) is 4.68 Å². The normalized spacial score (nSPS) is 10.5. The number of benzene rings is 1. The topological polar surface area (TPSA) is 42.7 Å². The second-order valence-corrected chi connectivity index (χ2v) is 5.12. The van der Waals surface area contributed by atoms with Gasteiger partial charge in [0.15, 0.2) is 0 Å². The first-order valence-electron chi connectivity index (χ1n) is 6.09. The van der Waals surface area contributed by atoms with Gasteiger partial charge in [-0.2, -0.15) is 5.10 Å². The summed E-state index contributed by atoms with van der Waals surface area (Å²) < 4.78 is 1.92. The zero-order chi connectivity index (χ0) is 12.9. The van der Waals surface area contributed by atoms with Gasteiger partial charge < -0.3 is 5.32 Å². The molecule has 0 aliphatic carbocycles. The Morgan fingerprint density at radius 1 is 1.16 bits per heavy atom. The number of hydrogen-bond donors (Lipinski definition) is 1. The number of nitrogens with zero attached hydrogens (tertiary/aromatic N) is 3. The number of nitrogens with one attached hydrogen (secondary N) is 1. The Hall–Kier alpha value is -2.14. The lowest BCUT2D eigenvalue weighted by molar-refractivity contribution is 0.687. The molecule has 0 atom stereocenters. The molecule has 0 aliphatic heterocycles. The maximum Gasteiger partial charge on any atom is 0.112 e. The van der Waals surface area contributed by atoms with Crippen molar-refractivity contribution in [2.24, 2.45) is 0 Å². The molecule has 3 rings (SSSR count). The molecular weight excluding hydrogens is 256 g/mol. The van der Waals surface area contributed by atoms with Crippen LogP contribution in [0.4, 0.5) is 5.69 Å². The molecular formula is C14H14N4S. The Kier molecular flexibility index (Phi) is 3.56.